The van der Waals surface area contributed by atoms with E-state index < -0.39 is 27.8 Å². The van der Waals surface area contributed by atoms with E-state index in [2.05, 4.69) is 9.97 Å². The largest absolute Gasteiger partial charge is 0.449 e. The number of sulfone groups is 1. The highest BCUT2D eigenvalue weighted by atomic mass is 32.2. The van der Waals surface area contributed by atoms with E-state index in [1.807, 2.05) is 0 Å². The number of hydrogen-bond donors (Lipinski definition) is 0. The summed E-state index contributed by atoms with van der Waals surface area (Å²) in [7, 11) is -3.11. The first-order valence-electron chi connectivity index (χ1n) is 8.73. The van der Waals surface area contributed by atoms with Crippen molar-refractivity contribution in [2.24, 2.45) is 0 Å². The number of likely N-dealkylation sites (N-methyl/N-ethyl adjacent to an activating group) is 1. The fraction of sp³-hybridized carbons (Fsp3) is 0.444. The molecule has 2 aromatic rings. The van der Waals surface area contributed by atoms with Gasteiger partial charge in [-0.15, -0.1) is 0 Å². The van der Waals surface area contributed by atoms with Gasteiger partial charge < -0.3 is 9.64 Å². The number of ether oxygens (including phenoxy) is 1. The molecule has 1 aliphatic rings. The van der Waals surface area contributed by atoms with E-state index in [1.54, 1.807) is 31.3 Å². The number of carbonyl (C=O) groups is 2. The second-order valence-electron chi connectivity index (χ2n) is 6.49. The van der Waals surface area contributed by atoms with Crippen LogP contribution in [0, 0.1) is 0 Å². The van der Waals surface area contributed by atoms with Gasteiger partial charge in [0.25, 0.3) is 5.91 Å². The number of hydrogen-bond acceptors (Lipinski definition) is 7. The van der Waals surface area contributed by atoms with E-state index in [4.69, 9.17) is 4.74 Å². The molecule has 1 saturated heterocycles. The molecule has 0 unspecified atom stereocenters. The Morgan fingerprint density at radius 3 is 2.59 bits per heavy atom. The average molecular weight is 391 g/mol. The van der Waals surface area contributed by atoms with Crippen LogP contribution in [0.25, 0.3) is 11.0 Å². The summed E-state index contributed by atoms with van der Waals surface area (Å²) in [5, 5.41) is 0. The zero-order valence-electron chi connectivity index (χ0n) is 15.2. The predicted molar refractivity (Wildman–Crippen MR) is 98.9 cm³/mol. The Balaban J connectivity index is 1.69. The predicted octanol–water partition coefficient (Wildman–Crippen LogP) is 1.21. The van der Waals surface area contributed by atoms with E-state index in [0.717, 1.165) is 0 Å². The Morgan fingerprint density at radius 2 is 1.96 bits per heavy atom. The third kappa shape index (κ3) is 4.24. The fourth-order valence-electron chi connectivity index (χ4n) is 3.22. The van der Waals surface area contributed by atoms with Gasteiger partial charge in [0.05, 0.1) is 28.1 Å². The topological polar surface area (TPSA) is 107 Å². The van der Waals surface area contributed by atoms with Gasteiger partial charge in [-0.25, -0.2) is 13.2 Å². The van der Waals surface area contributed by atoms with Gasteiger partial charge >= 0.3 is 5.97 Å². The van der Waals surface area contributed by atoms with Crippen molar-refractivity contribution >= 4 is 32.7 Å². The number of amides is 1. The van der Waals surface area contributed by atoms with Gasteiger partial charge in [-0.3, -0.25) is 14.8 Å². The molecule has 0 radical (unpaired) electrons. The first kappa shape index (κ1) is 19.2. The molecule has 1 amide bonds. The maximum absolute atomic E-state index is 12.7. The van der Waals surface area contributed by atoms with Crippen molar-refractivity contribution in [1.82, 2.24) is 14.9 Å². The molecule has 0 saturated carbocycles. The number of rotatable bonds is 5. The number of aromatic nitrogens is 2. The lowest BCUT2D eigenvalue weighted by Gasteiger charge is -2.29. The molecule has 0 aliphatic carbocycles. The summed E-state index contributed by atoms with van der Waals surface area (Å²) >= 11 is 0. The molecule has 27 heavy (non-hydrogen) atoms. The van der Waals surface area contributed by atoms with E-state index in [1.165, 1.54) is 18.0 Å². The van der Waals surface area contributed by atoms with Crippen LogP contribution in [0.4, 0.5) is 0 Å². The van der Waals surface area contributed by atoms with Gasteiger partial charge in [-0.05, 0) is 38.5 Å². The van der Waals surface area contributed by atoms with Crippen LogP contribution in [0.3, 0.4) is 0 Å². The molecule has 1 aromatic carbocycles. The molecular weight excluding hydrogens is 370 g/mol. The van der Waals surface area contributed by atoms with Crippen molar-refractivity contribution in [2.75, 3.05) is 18.1 Å². The Morgan fingerprint density at radius 1 is 1.26 bits per heavy atom. The van der Waals surface area contributed by atoms with E-state index in [9.17, 15) is 18.0 Å². The molecule has 2 heterocycles. The molecule has 0 bridgehead atoms. The molecule has 1 fully saturated rings. The molecule has 144 valence electrons. The summed E-state index contributed by atoms with van der Waals surface area (Å²) in [6, 6.07) is 4.41. The van der Waals surface area contributed by atoms with Crippen LogP contribution >= 0.6 is 0 Å². The van der Waals surface area contributed by atoms with Gasteiger partial charge in [0.15, 0.2) is 15.9 Å². The monoisotopic (exact) mass is 391 g/mol. The summed E-state index contributed by atoms with van der Waals surface area (Å²) in [5.41, 5.74) is 1.48. The van der Waals surface area contributed by atoms with Crippen LogP contribution in [0.2, 0.25) is 0 Å². The summed E-state index contributed by atoms with van der Waals surface area (Å²) < 4.78 is 28.7. The summed E-state index contributed by atoms with van der Waals surface area (Å²) in [5.74, 6) is -1.00. The Bertz CT molecular complexity index is 976. The van der Waals surface area contributed by atoms with Crippen LogP contribution in [-0.2, 0) is 19.4 Å². The maximum atomic E-state index is 12.7. The molecule has 8 nitrogen and oxygen atoms in total. The van der Waals surface area contributed by atoms with Gasteiger partial charge in [0.2, 0.25) is 0 Å². The molecular formula is C18H21N3O5S. The lowest BCUT2D eigenvalue weighted by molar-refractivity contribution is -0.141. The zero-order valence-corrected chi connectivity index (χ0v) is 16.0. The van der Waals surface area contributed by atoms with Crippen LogP contribution in [-0.4, -0.2) is 65.4 Å². The third-order valence-corrected chi connectivity index (χ3v) is 6.36. The van der Waals surface area contributed by atoms with Gasteiger partial charge in [-0.2, -0.15) is 0 Å². The zero-order chi connectivity index (χ0) is 19.6. The molecule has 1 aliphatic heterocycles. The highest BCUT2D eigenvalue weighted by Crippen LogP contribution is 2.19. The van der Waals surface area contributed by atoms with Crippen molar-refractivity contribution in [2.45, 2.75) is 32.4 Å². The van der Waals surface area contributed by atoms with Crippen LogP contribution in [0.1, 0.15) is 30.6 Å². The minimum atomic E-state index is -3.11. The second kappa shape index (κ2) is 7.59. The first-order valence-corrected chi connectivity index (χ1v) is 10.6. The third-order valence-electron chi connectivity index (χ3n) is 4.61. The van der Waals surface area contributed by atoms with Gasteiger partial charge in [-0.1, -0.05) is 0 Å². The first-order chi connectivity index (χ1) is 12.8. The average Bonchev–Trinajstić information content (AvgIpc) is 3.01. The SMILES string of the molecule is CCN(C(=O)[C@H](C)OC(=O)c1ccc2nccnc2c1)[C@@H]1CCS(=O)(=O)C1. The van der Waals surface area contributed by atoms with E-state index in [0.29, 0.717) is 24.0 Å². The van der Waals surface area contributed by atoms with Crippen molar-refractivity contribution in [3.63, 3.8) is 0 Å². The minimum absolute atomic E-state index is 0.0450. The molecule has 3 rings (SSSR count). The number of esters is 1. The van der Waals surface area contributed by atoms with Crippen molar-refractivity contribution in [3.05, 3.63) is 36.2 Å². The molecule has 2 atom stereocenters. The van der Waals surface area contributed by atoms with Crippen LogP contribution in [0.5, 0.6) is 0 Å². The molecule has 1 aromatic heterocycles. The number of nitrogens with zero attached hydrogens (tertiary/aromatic N) is 3. The summed E-state index contributed by atoms with van der Waals surface area (Å²) in [4.78, 5) is 34.8. The Labute approximate surface area is 157 Å². The van der Waals surface area contributed by atoms with Crippen LogP contribution in [0.15, 0.2) is 30.6 Å². The van der Waals surface area contributed by atoms with Crippen LogP contribution < -0.4 is 0 Å². The molecule has 9 heteroatoms. The number of benzene rings is 1. The summed E-state index contributed by atoms with van der Waals surface area (Å²) in [6.45, 7) is 3.62. The van der Waals surface area contributed by atoms with Gasteiger partial charge in [0, 0.05) is 25.0 Å². The van der Waals surface area contributed by atoms with Crippen molar-refractivity contribution in [1.29, 1.82) is 0 Å². The van der Waals surface area contributed by atoms with E-state index in [-0.39, 0.29) is 23.1 Å². The van der Waals surface area contributed by atoms with Gasteiger partial charge in [0.1, 0.15) is 0 Å². The molecule has 0 spiro atoms. The lowest BCUT2D eigenvalue weighted by atomic mass is 10.2. The van der Waals surface area contributed by atoms with Crippen molar-refractivity contribution < 1.29 is 22.7 Å². The minimum Gasteiger partial charge on any atom is -0.449 e. The Kier molecular flexibility index (Phi) is 5.41. The smallest absolute Gasteiger partial charge is 0.338 e. The highest BCUT2D eigenvalue weighted by molar-refractivity contribution is 7.91. The summed E-state index contributed by atoms with van der Waals surface area (Å²) in [6.07, 6.45) is 2.48. The van der Waals surface area contributed by atoms with Crippen molar-refractivity contribution in [3.8, 4) is 0 Å². The normalized spacial score (nSPS) is 19.6. The quantitative estimate of drug-likeness (QED) is 0.705. The standard InChI is InChI=1S/C18H21N3O5S/c1-3-21(14-6-9-27(24,25)11-14)17(22)12(2)26-18(23)13-4-5-15-16(10-13)20-8-7-19-15/h4-5,7-8,10,12,14H,3,6,9,11H2,1-2H3/t12-,14+/m0/s1. The highest BCUT2D eigenvalue weighted by Gasteiger charge is 2.36. The molecule has 0 N–H and O–H groups in total. The number of fused-ring (bicyclic) bond motifs is 1. The lowest BCUT2D eigenvalue weighted by Crippen LogP contribution is -2.46. The fourth-order valence-corrected chi connectivity index (χ4v) is 4.95. The van der Waals surface area contributed by atoms with E-state index >= 15 is 0 Å². The second-order valence-corrected chi connectivity index (χ2v) is 8.72. The Hall–Kier alpha value is -2.55. The maximum Gasteiger partial charge on any atom is 0.338 e. The number of carbonyl (C=O) groups excluding carboxylic acids is 2.